The number of rotatable bonds is 3. The molecule has 2 N–H and O–H groups in total. The van der Waals surface area contributed by atoms with E-state index in [-0.39, 0.29) is 5.78 Å². The van der Waals surface area contributed by atoms with E-state index in [9.17, 15) is 4.79 Å². The molecule has 4 nitrogen and oxygen atoms in total. The fraction of sp³-hybridized carbons (Fsp3) is 0. The summed E-state index contributed by atoms with van der Waals surface area (Å²) in [6.45, 7) is 0. The van der Waals surface area contributed by atoms with Crippen LogP contribution in [0.5, 0.6) is 0 Å². The third kappa shape index (κ3) is 2.55. The van der Waals surface area contributed by atoms with Crippen molar-refractivity contribution in [3.8, 4) is 0 Å². The van der Waals surface area contributed by atoms with Crippen molar-refractivity contribution in [2.45, 2.75) is 0 Å². The highest BCUT2D eigenvalue weighted by molar-refractivity contribution is 6.09. The molecule has 0 aliphatic heterocycles. The van der Waals surface area contributed by atoms with Crippen LogP contribution in [0, 0.1) is 0 Å². The van der Waals surface area contributed by atoms with Crippen LogP contribution >= 0.6 is 0 Å². The molecule has 0 aliphatic rings. The molecule has 0 saturated carbocycles. The Morgan fingerprint density at radius 1 is 0.882 bits per heavy atom. The summed E-state index contributed by atoms with van der Waals surface area (Å²) in [7, 11) is 0. The molecular weight excluding hydrogens is 214 g/mol. The number of carbonyl (C=O) groups excluding carboxylic acids is 1. The maximum atomic E-state index is 12.0. The van der Waals surface area contributed by atoms with Crippen molar-refractivity contribution in [2.24, 2.45) is 16.2 Å². The van der Waals surface area contributed by atoms with Crippen LogP contribution < -0.4 is 5.84 Å². The van der Waals surface area contributed by atoms with E-state index in [1.165, 1.54) is 0 Å². The van der Waals surface area contributed by atoms with E-state index < -0.39 is 0 Å². The van der Waals surface area contributed by atoms with Crippen LogP contribution in [-0.2, 0) is 0 Å². The molecule has 0 fully saturated rings. The van der Waals surface area contributed by atoms with Gasteiger partial charge in [0.2, 0.25) is 0 Å². The number of benzene rings is 2. The Morgan fingerprint density at radius 2 is 1.47 bits per heavy atom. The van der Waals surface area contributed by atoms with Crippen LogP contribution in [-0.4, -0.2) is 5.78 Å². The van der Waals surface area contributed by atoms with E-state index in [0.29, 0.717) is 16.8 Å². The van der Waals surface area contributed by atoms with E-state index >= 15 is 0 Å². The molecule has 0 saturated heterocycles. The SMILES string of the molecule is NN=Nc1ccc(C(=O)c2ccccc2)cc1. The highest BCUT2D eigenvalue weighted by Gasteiger charge is 2.07. The predicted octanol–water partition coefficient (Wildman–Crippen LogP) is 2.88. The van der Waals surface area contributed by atoms with Gasteiger partial charge in [-0.05, 0) is 24.3 Å². The fourth-order valence-corrected chi connectivity index (χ4v) is 1.50. The number of ketones is 1. The highest BCUT2D eigenvalue weighted by atomic mass is 16.1. The summed E-state index contributed by atoms with van der Waals surface area (Å²) >= 11 is 0. The minimum Gasteiger partial charge on any atom is -0.305 e. The first-order chi connectivity index (χ1) is 8.31. The van der Waals surface area contributed by atoms with Crippen molar-refractivity contribution in [3.05, 3.63) is 65.7 Å². The van der Waals surface area contributed by atoms with Crippen molar-refractivity contribution < 1.29 is 4.79 Å². The van der Waals surface area contributed by atoms with Gasteiger partial charge in [-0.2, -0.15) is 0 Å². The van der Waals surface area contributed by atoms with Gasteiger partial charge in [0.1, 0.15) is 0 Å². The van der Waals surface area contributed by atoms with Crippen molar-refractivity contribution in [1.82, 2.24) is 0 Å². The molecule has 0 bridgehead atoms. The van der Waals surface area contributed by atoms with Gasteiger partial charge in [-0.1, -0.05) is 35.6 Å². The van der Waals surface area contributed by atoms with Gasteiger partial charge in [0, 0.05) is 11.1 Å². The number of nitrogens with zero attached hydrogens (tertiary/aromatic N) is 2. The Bertz CT molecular complexity index is 532. The van der Waals surface area contributed by atoms with E-state index in [1.54, 1.807) is 36.4 Å². The lowest BCUT2D eigenvalue weighted by Crippen LogP contribution is -1.99. The van der Waals surface area contributed by atoms with Crippen molar-refractivity contribution in [3.63, 3.8) is 0 Å². The summed E-state index contributed by atoms with van der Waals surface area (Å²) in [6.07, 6.45) is 0. The number of hydrogen-bond acceptors (Lipinski definition) is 3. The summed E-state index contributed by atoms with van der Waals surface area (Å²) in [5.74, 6) is 4.93. The lowest BCUT2D eigenvalue weighted by atomic mass is 10.0. The zero-order valence-electron chi connectivity index (χ0n) is 9.08. The van der Waals surface area contributed by atoms with Crippen molar-refractivity contribution in [1.29, 1.82) is 0 Å². The maximum Gasteiger partial charge on any atom is 0.193 e. The molecule has 84 valence electrons. The molecule has 0 unspecified atom stereocenters. The molecule has 2 aromatic carbocycles. The van der Waals surface area contributed by atoms with Crippen LogP contribution in [0.2, 0.25) is 0 Å². The zero-order chi connectivity index (χ0) is 12.1. The van der Waals surface area contributed by atoms with Gasteiger partial charge in [0.05, 0.1) is 5.69 Å². The summed E-state index contributed by atoms with van der Waals surface area (Å²) in [6, 6.07) is 15.9. The summed E-state index contributed by atoms with van der Waals surface area (Å²) in [4.78, 5) is 12.0. The second-order valence-electron chi connectivity index (χ2n) is 3.46. The van der Waals surface area contributed by atoms with Gasteiger partial charge in [0.25, 0.3) is 0 Å². The molecule has 0 spiro atoms. The monoisotopic (exact) mass is 225 g/mol. The van der Waals surface area contributed by atoms with Crippen LogP contribution in [0.4, 0.5) is 5.69 Å². The number of hydrogen-bond donors (Lipinski definition) is 1. The van der Waals surface area contributed by atoms with Gasteiger partial charge in [-0.15, -0.1) is 5.11 Å². The lowest BCUT2D eigenvalue weighted by Gasteiger charge is -2.00. The molecule has 2 aromatic rings. The Labute approximate surface area is 98.8 Å². The molecule has 0 heterocycles. The van der Waals surface area contributed by atoms with E-state index in [4.69, 9.17) is 5.84 Å². The molecule has 0 amide bonds. The molecule has 2 rings (SSSR count). The summed E-state index contributed by atoms with van der Waals surface area (Å²) in [5, 5.41) is 6.85. The zero-order valence-corrected chi connectivity index (χ0v) is 9.08. The molecule has 0 radical (unpaired) electrons. The van der Waals surface area contributed by atoms with Crippen LogP contribution in [0.3, 0.4) is 0 Å². The van der Waals surface area contributed by atoms with Gasteiger partial charge >= 0.3 is 0 Å². The average Bonchev–Trinajstić information content (AvgIpc) is 2.40. The molecule has 17 heavy (non-hydrogen) atoms. The Hall–Kier alpha value is -2.49. The first kappa shape index (κ1) is 11.0. The van der Waals surface area contributed by atoms with Gasteiger partial charge in [0.15, 0.2) is 5.78 Å². The number of carbonyl (C=O) groups is 1. The average molecular weight is 225 g/mol. The smallest absolute Gasteiger partial charge is 0.193 e. The topological polar surface area (TPSA) is 67.8 Å². The Balaban J connectivity index is 2.26. The first-order valence-corrected chi connectivity index (χ1v) is 5.12. The third-order valence-electron chi connectivity index (χ3n) is 2.34. The largest absolute Gasteiger partial charge is 0.305 e. The molecule has 0 atom stereocenters. The second-order valence-corrected chi connectivity index (χ2v) is 3.46. The second kappa shape index (κ2) is 5.03. The van der Waals surface area contributed by atoms with Gasteiger partial charge in [-0.25, -0.2) is 0 Å². The molecule has 4 heteroatoms. The number of nitrogens with two attached hydrogens (primary N) is 1. The predicted molar refractivity (Wildman–Crippen MR) is 65.0 cm³/mol. The summed E-state index contributed by atoms with van der Waals surface area (Å²) in [5.41, 5.74) is 1.91. The fourth-order valence-electron chi connectivity index (χ4n) is 1.50. The van der Waals surface area contributed by atoms with Gasteiger partial charge in [-0.3, -0.25) is 4.79 Å². The maximum absolute atomic E-state index is 12.0. The van der Waals surface area contributed by atoms with E-state index in [0.717, 1.165) is 0 Å². The Morgan fingerprint density at radius 3 is 2.06 bits per heavy atom. The van der Waals surface area contributed by atoms with E-state index in [1.807, 2.05) is 18.2 Å². The standard InChI is InChI=1S/C13H11N3O/c14-16-15-12-8-6-11(7-9-12)13(17)10-4-2-1-3-5-10/h1-9H,(H2,14,15). The van der Waals surface area contributed by atoms with Gasteiger partial charge < -0.3 is 5.84 Å². The molecule has 0 aliphatic carbocycles. The highest BCUT2D eigenvalue weighted by Crippen LogP contribution is 2.15. The quantitative estimate of drug-likeness (QED) is 0.377. The van der Waals surface area contributed by atoms with Crippen LogP contribution in [0.15, 0.2) is 64.9 Å². The minimum absolute atomic E-state index is 0.0122. The minimum atomic E-state index is -0.0122. The normalized spacial score (nSPS) is 10.6. The Kier molecular flexibility index (Phi) is 3.25. The first-order valence-electron chi connectivity index (χ1n) is 5.12. The van der Waals surface area contributed by atoms with E-state index in [2.05, 4.69) is 10.3 Å². The third-order valence-corrected chi connectivity index (χ3v) is 2.34. The summed E-state index contributed by atoms with van der Waals surface area (Å²) < 4.78 is 0. The van der Waals surface area contributed by atoms with Crippen LogP contribution in [0.25, 0.3) is 0 Å². The van der Waals surface area contributed by atoms with Crippen LogP contribution in [0.1, 0.15) is 15.9 Å². The molecule has 0 aromatic heterocycles. The van der Waals surface area contributed by atoms with Crippen molar-refractivity contribution >= 4 is 11.5 Å². The molecular formula is C13H11N3O. The lowest BCUT2D eigenvalue weighted by molar-refractivity contribution is 0.103. The van der Waals surface area contributed by atoms with Crippen molar-refractivity contribution in [2.75, 3.05) is 0 Å².